The second kappa shape index (κ2) is 6.61. The number of aliphatic hydroxyl groups excluding tert-OH is 1. The fraction of sp³-hybridized carbons (Fsp3) is 0.286. The highest BCUT2D eigenvalue weighted by atomic mass is 35.5. The fourth-order valence-corrected chi connectivity index (χ4v) is 1.91. The number of rotatable bonds is 6. The number of halogens is 1. The highest BCUT2D eigenvalue weighted by molar-refractivity contribution is 6.33. The van der Waals surface area contributed by atoms with Crippen LogP contribution in [0.2, 0.25) is 5.02 Å². The predicted octanol–water partition coefficient (Wildman–Crippen LogP) is 3.18. The maximum Gasteiger partial charge on any atom is 0.129 e. The first kappa shape index (κ1) is 13.9. The van der Waals surface area contributed by atoms with Gasteiger partial charge in [0, 0.05) is 7.11 Å². The summed E-state index contributed by atoms with van der Waals surface area (Å²) in [6.45, 7) is 0.976. The van der Waals surface area contributed by atoms with E-state index in [0.717, 1.165) is 22.8 Å². The number of hydrogen-bond acceptors (Lipinski definition) is 4. The minimum atomic E-state index is -0.00934. The molecule has 0 radical (unpaired) electrons. The average molecular weight is 282 g/mol. The number of methoxy groups -OCH3 is 1. The van der Waals surface area contributed by atoms with Crippen LogP contribution in [0.25, 0.3) is 0 Å². The summed E-state index contributed by atoms with van der Waals surface area (Å²) in [4.78, 5) is 0. The standard InChI is InChI=1S/C14H16ClNO3/c1-18-9-12-4-3-11(19-12)7-16-14-6-10(8-17)2-5-13(14)15/h2-6,16-17H,7-9H2,1H3. The summed E-state index contributed by atoms with van der Waals surface area (Å²) < 4.78 is 10.6. The molecule has 0 bridgehead atoms. The monoisotopic (exact) mass is 281 g/mol. The van der Waals surface area contributed by atoms with Gasteiger partial charge in [-0.25, -0.2) is 0 Å². The normalized spacial score (nSPS) is 10.7. The Balaban J connectivity index is 2.01. The van der Waals surface area contributed by atoms with Crippen molar-refractivity contribution < 1.29 is 14.3 Å². The summed E-state index contributed by atoms with van der Waals surface area (Å²) in [6, 6.07) is 9.14. The van der Waals surface area contributed by atoms with Gasteiger partial charge in [-0.1, -0.05) is 17.7 Å². The molecule has 102 valence electrons. The van der Waals surface area contributed by atoms with Crippen LogP contribution >= 0.6 is 11.6 Å². The third-order valence-corrected chi connectivity index (χ3v) is 3.00. The third kappa shape index (κ3) is 3.73. The van der Waals surface area contributed by atoms with E-state index in [-0.39, 0.29) is 6.61 Å². The Morgan fingerprint density at radius 1 is 1.26 bits per heavy atom. The van der Waals surface area contributed by atoms with Crippen LogP contribution in [0.15, 0.2) is 34.7 Å². The van der Waals surface area contributed by atoms with Crippen LogP contribution in [0, 0.1) is 0 Å². The van der Waals surface area contributed by atoms with Gasteiger partial charge >= 0.3 is 0 Å². The van der Waals surface area contributed by atoms with E-state index in [2.05, 4.69) is 5.32 Å². The van der Waals surface area contributed by atoms with Crippen LogP contribution in [0.4, 0.5) is 5.69 Å². The zero-order chi connectivity index (χ0) is 13.7. The van der Waals surface area contributed by atoms with Crippen molar-refractivity contribution in [2.75, 3.05) is 12.4 Å². The molecule has 5 heteroatoms. The molecule has 2 aromatic rings. The van der Waals surface area contributed by atoms with Crippen molar-refractivity contribution in [2.45, 2.75) is 19.8 Å². The van der Waals surface area contributed by atoms with Gasteiger partial charge in [0.1, 0.15) is 18.1 Å². The van der Waals surface area contributed by atoms with Crippen molar-refractivity contribution in [2.24, 2.45) is 0 Å². The molecule has 2 N–H and O–H groups in total. The SMILES string of the molecule is COCc1ccc(CNc2cc(CO)ccc2Cl)o1. The average Bonchev–Trinajstić information content (AvgIpc) is 2.86. The Kier molecular flexibility index (Phi) is 4.85. The maximum atomic E-state index is 9.10. The molecule has 0 atom stereocenters. The van der Waals surface area contributed by atoms with Gasteiger partial charge in [0.25, 0.3) is 0 Å². The lowest BCUT2D eigenvalue weighted by Crippen LogP contribution is -1.99. The second-order valence-electron chi connectivity index (χ2n) is 4.13. The second-order valence-corrected chi connectivity index (χ2v) is 4.53. The van der Waals surface area contributed by atoms with Crippen molar-refractivity contribution in [3.05, 3.63) is 52.4 Å². The lowest BCUT2D eigenvalue weighted by atomic mass is 10.2. The van der Waals surface area contributed by atoms with Crippen LogP contribution in [0.3, 0.4) is 0 Å². The van der Waals surface area contributed by atoms with Gasteiger partial charge in [-0.15, -0.1) is 0 Å². The van der Waals surface area contributed by atoms with Crippen molar-refractivity contribution in [1.29, 1.82) is 0 Å². The van der Waals surface area contributed by atoms with E-state index in [0.29, 0.717) is 18.2 Å². The first-order valence-electron chi connectivity index (χ1n) is 5.92. The lowest BCUT2D eigenvalue weighted by molar-refractivity contribution is 0.163. The van der Waals surface area contributed by atoms with Crippen LogP contribution in [-0.2, 0) is 24.5 Å². The lowest BCUT2D eigenvalue weighted by Gasteiger charge is -2.08. The van der Waals surface area contributed by atoms with E-state index < -0.39 is 0 Å². The topological polar surface area (TPSA) is 54.6 Å². The van der Waals surface area contributed by atoms with Gasteiger partial charge in [-0.2, -0.15) is 0 Å². The molecule has 4 nitrogen and oxygen atoms in total. The molecule has 1 aromatic heterocycles. The predicted molar refractivity (Wildman–Crippen MR) is 74.1 cm³/mol. The molecule has 19 heavy (non-hydrogen) atoms. The number of furan rings is 1. The summed E-state index contributed by atoms with van der Waals surface area (Å²) in [5.41, 5.74) is 1.59. The first-order valence-corrected chi connectivity index (χ1v) is 6.30. The number of benzene rings is 1. The quantitative estimate of drug-likeness (QED) is 0.854. The molecule has 2 rings (SSSR count). The van der Waals surface area contributed by atoms with E-state index in [4.69, 9.17) is 25.9 Å². The van der Waals surface area contributed by atoms with Crippen LogP contribution in [0.5, 0.6) is 0 Å². The van der Waals surface area contributed by atoms with Gasteiger partial charge in [0.05, 0.1) is 23.9 Å². The number of aliphatic hydroxyl groups is 1. The zero-order valence-corrected chi connectivity index (χ0v) is 11.4. The van der Waals surface area contributed by atoms with Gasteiger partial charge in [0.2, 0.25) is 0 Å². The molecule has 0 spiro atoms. The Morgan fingerprint density at radius 3 is 2.79 bits per heavy atom. The van der Waals surface area contributed by atoms with Crippen molar-refractivity contribution >= 4 is 17.3 Å². The van der Waals surface area contributed by atoms with Crippen LogP contribution < -0.4 is 5.32 Å². The molecule has 0 saturated heterocycles. The smallest absolute Gasteiger partial charge is 0.129 e. The summed E-state index contributed by atoms with van der Waals surface area (Å²) in [5.74, 6) is 1.59. The van der Waals surface area contributed by atoms with Gasteiger partial charge in [-0.05, 0) is 29.8 Å². The summed E-state index contributed by atoms with van der Waals surface area (Å²) >= 11 is 6.08. The largest absolute Gasteiger partial charge is 0.462 e. The number of hydrogen-bond donors (Lipinski definition) is 2. The van der Waals surface area contributed by atoms with Crippen molar-refractivity contribution in [3.63, 3.8) is 0 Å². The van der Waals surface area contributed by atoms with E-state index in [1.54, 1.807) is 19.2 Å². The molecule has 1 heterocycles. The molecule has 0 unspecified atom stereocenters. The van der Waals surface area contributed by atoms with Crippen LogP contribution in [-0.4, -0.2) is 12.2 Å². The molecular formula is C14H16ClNO3. The molecule has 0 amide bonds. The van der Waals surface area contributed by atoms with E-state index in [1.807, 2.05) is 18.2 Å². The first-order chi connectivity index (χ1) is 9.22. The minimum Gasteiger partial charge on any atom is -0.462 e. The van der Waals surface area contributed by atoms with Crippen molar-refractivity contribution in [1.82, 2.24) is 0 Å². The van der Waals surface area contributed by atoms with E-state index in [1.165, 1.54) is 0 Å². The molecule has 1 aromatic carbocycles. The molecule has 0 saturated carbocycles. The molecule has 0 aliphatic carbocycles. The number of anilines is 1. The Bertz CT molecular complexity index is 539. The number of nitrogens with one attached hydrogen (secondary N) is 1. The van der Waals surface area contributed by atoms with Crippen LogP contribution in [0.1, 0.15) is 17.1 Å². The Morgan fingerprint density at radius 2 is 2.05 bits per heavy atom. The minimum absolute atomic E-state index is 0.00934. The highest BCUT2D eigenvalue weighted by Gasteiger charge is 2.05. The number of ether oxygens (including phenoxy) is 1. The third-order valence-electron chi connectivity index (χ3n) is 2.67. The molecule has 0 aliphatic heterocycles. The van der Waals surface area contributed by atoms with Gasteiger partial charge in [-0.3, -0.25) is 0 Å². The summed E-state index contributed by atoms with van der Waals surface area (Å²) in [7, 11) is 1.63. The Hall–Kier alpha value is -1.49. The van der Waals surface area contributed by atoms with E-state index in [9.17, 15) is 0 Å². The Labute approximate surface area is 117 Å². The molecule has 0 aliphatic rings. The maximum absolute atomic E-state index is 9.10. The van der Waals surface area contributed by atoms with Gasteiger partial charge in [0.15, 0.2) is 0 Å². The summed E-state index contributed by atoms with van der Waals surface area (Å²) in [6.07, 6.45) is 0. The van der Waals surface area contributed by atoms with Gasteiger partial charge < -0.3 is 19.6 Å². The fourth-order valence-electron chi connectivity index (χ4n) is 1.73. The van der Waals surface area contributed by atoms with E-state index >= 15 is 0 Å². The zero-order valence-electron chi connectivity index (χ0n) is 10.6. The molecular weight excluding hydrogens is 266 g/mol. The summed E-state index contributed by atoms with van der Waals surface area (Å²) in [5, 5.41) is 12.9. The van der Waals surface area contributed by atoms with Crippen molar-refractivity contribution in [3.8, 4) is 0 Å². The highest BCUT2D eigenvalue weighted by Crippen LogP contribution is 2.24. The molecule has 0 fully saturated rings.